The predicted octanol–water partition coefficient (Wildman–Crippen LogP) is 3.45. The molecule has 0 bridgehead atoms. The number of rotatable bonds is 6. The fraction of sp³-hybridized carbons (Fsp3) is 0.250. The molecule has 2 rings (SSSR count). The third-order valence-corrected chi connectivity index (χ3v) is 3.14. The third kappa shape index (κ3) is 3.85. The highest BCUT2D eigenvalue weighted by Crippen LogP contribution is 2.20. The first-order valence-electron chi connectivity index (χ1n) is 6.47. The Morgan fingerprint density at radius 1 is 0.950 bits per heavy atom. The Balaban J connectivity index is 2.02. The van der Waals surface area contributed by atoms with Gasteiger partial charge in [0.25, 0.3) is 6.43 Å². The second kappa shape index (κ2) is 7.12. The van der Waals surface area contributed by atoms with Gasteiger partial charge in [-0.2, -0.15) is 0 Å². The summed E-state index contributed by atoms with van der Waals surface area (Å²) in [7, 11) is 0. The van der Waals surface area contributed by atoms with E-state index >= 15 is 0 Å². The van der Waals surface area contributed by atoms with Gasteiger partial charge in [-0.1, -0.05) is 48.5 Å². The Bertz CT molecular complexity index is 531. The topological polar surface area (TPSA) is 32.3 Å². The van der Waals surface area contributed by atoms with Crippen molar-refractivity contribution in [3.05, 3.63) is 71.3 Å². The SMILES string of the molecule is OCC(NCc1cccc(C(F)F)c1)c1ccccc1. The van der Waals surface area contributed by atoms with Crippen LogP contribution in [0.25, 0.3) is 0 Å². The van der Waals surface area contributed by atoms with Crippen molar-refractivity contribution in [2.24, 2.45) is 0 Å². The lowest BCUT2D eigenvalue weighted by Crippen LogP contribution is -2.23. The van der Waals surface area contributed by atoms with Crippen LogP contribution in [0.15, 0.2) is 54.6 Å². The van der Waals surface area contributed by atoms with Gasteiger partial charge in [0.15, 0.2) is 0 Å². The van der Waals surface area contributed by atoms with Crippen molar-refractivity contribution in [1.82, 2.24) is 5.32 Å². The van der Waals surface area contributed by atoms with Gasteiger partial charge >= 0.3 is 0 Å². The van der Waals surface area contributed by atoms with Gasteiger partial charge in [0, 0.05) is 12.1 Å². The van der Waals surface area contributed by atoms with Crippen LogP contribution in [0, 0.1) is 0 Å². The molecule has 2 aromatic carbocycles. The van der Waals surface area contributed by atoms with Gasteiger partial charge in [-0.15, -0.1) is 0 Å². The van der Waals surface area contributed by atoms with Gasteiger partial charge in [0.2, 0.25) is 0 Å². The second-order valence-corrected chi connectivity index (χ2v) is 4.57. The predicted molar refractivity (Wildman–Crippen MR) is 74.5 cm³/mol. The summed E-state index contributed by atoms with van der Waals surface area (Å²) in [6.07, 6.45) is -2.46. The van der Waals surface area contributed by atoms with Crippen molar-refractivity contribution in [2.45, 2.75) is 19.0 Å². The van der Waals surface area contributed by atoms with E-state index in [1.807, 2.05) is 30.3 Å². The molecule has 0 spiro atoms. The molecule has 0 aromatic heterocycles. The first-order chi connectivity index (χ1) is 9.70. The zero-order valence-corrected chi connectivity index (χ0v) is 11.0. The van der Waals surface area contributed by atoms with E-state index in [1.54, 1.807) is 12.1 Å². The molecule has 0 heterocycles. The van der Waals surface area contributed by atoms with Crippen molar-refractivity contribution in [1.29, 1.82) is 0 Å². The van der Waals surface area contributed by atoms with E-state index in [-0.39, 0.29) is 18.2 Å². The van der Waals surface area contributed by atoms with E-state index in [9.17, 15) is 13.9 Å². The molecule has 0 amide bonds. The van der Waals surface area contributed by atoms with Crippen LogP contribution in [0.3, 0.4) is 0 Å². The summed E-state index contributed by atoms with van der Waals surface area (Å²) < 4.78 is 25.2. The van der Waals surface area contributed by atoms with Crippen molar-refractivity contribution in [2.75, 3.05) is 6.61 Å². The lowest BCUT2D eigenvalue weighted by molar-refractivity contribution is 0.151. The minimum atomic E-state index is -2.46. The molecular formula is C16H17F2NO. The summed E-state index contributed by atoms with van der Waals surface area (Å²) in [4.78, 5) is 0. The molecule has 0 saturated carbocycles. The summed E-state index contributed by atoms with van der Waals surface area (Å²) in [5.74, 6) is 0. The molecule has 2 aromatic rings. The van der Waals surface area contributed by atoms with Crippen LogP contribution in [-0.4, -0.2) is 11.7 Å². The van der Waals surface area contributed by atoms with Crippen molar-refractivity contribution in [3.8, 4) is 0 Å². The average molecular weight is 277 g/mol. The Hall–Kier alpha value is -1.78. The van der Waals surface area contributed by atoms with E-state index in [0.717, 1.165) is 11.1 Å². The largest absolute Gasteiger partial charge is 0.394 e. The van der Waals surface area contributed by atoms with E-state index in [2.05, 4.69) is 5.32 Å². The number of alkyl halides is 2. The third-order valence-electron chi connectivity index (χ3n) is 3.14. The van der Waals surface area contributed by atoms with Gasteiger partial charge in [-0.25, -0.2) is 8.78 Å². The monoisotopic (exact) mass is 277 g/mol. The standard InChI is InChI=1S/C16H17F2NO/c17-16(18)14-8-4-5-12(9-14)10-19-15(11-20)13-6-2-1-3-7-13/h1-9,15-16,19-20H,10-11H2. The molecule has 0 fully saturated rings. The first-order valence-corrected chi connectivity index (χ1v) is 6.47. The van der Waals surface area contributed by atoms with Crippen molar-refractivity contribution < 1.29 is 13.9 Å². The Morgan fingerprint density at radius 2 is 1.65 bits per heavy atom. The normalized spacial score (nSPS) is 12.6. The molecule has 2 nitrogen and oxygen atoms in total. The number of benzene rings is 2. The number of hydrogen-bond acceptors (Lipinski definition) is 2. The average Bonchev–Trinajstić information content (AvgIpc) is 2.49. The van der Waals surface area contributed by atoms with Gasteiger partial charge in [0.1, 0.15) is 0 Å². The zero-order chi connectivity index (χ0) is 14.4. The molecule has 2 N–H and O–H groups in total. The maximum atomic E-state index is 12.6. The fourth-order valence-corrected chi connectivity index (χ4v) is 2.05. The van der Waals surface area contributed by atoms with Crippen LogP contribution in [0.4, 0.5) is 8.78 Å². The summed E-state index contributed by atoms with van der Waals surface area (Å²) in [5.41, 5.74) is 1.77. The van der Waals surface area contributed by atoms with E-state index < -0.39 is 6.43 Å². The number of aliphatic hydroxyl groups is 1. The molecule has 1 unspecified atom stereocenters. The maximum Gasteiger partial charge on any atom is 0.263 e. The quantitative estimate of drug-likeness (QED) is 0.847. The van der Waals surface area contributed by atoms with Crippen molar-refractivity contribution in [3.63, 3.8) is 0 Å². The molecule has 0 aliphatic rings. The van der Waals surface area contributed by atoms with Gasteiger partial charge in [-0.05, 0) is 17.2 Å². The van der Waals surface area contributed by atoms with Crippen LogP contribution in [0.2, 0.25) is 0 Å². The van der Waals surface area contributed by atoms with Crippen LogP contribution < -0.4 is 5.32 Å². The summed E-state index contributed by atoms with van der Waals surface area (Å²) in [5, 5.41) is 12.6. The highest BCUT2D eigenvalue weighted by molar-refractivity contribution is 5.25. The molecule has 4 heteroatoms. The zero-order valence-electron chi connectivity index (χ0n) is 11.0. The summed E-state index contributed by atoms with van der Waals surface area (Å²) in [6.45, 7) is 0.388. The van der Waals surface area contributed by atoms with Crippen LogP contribution >= 0.6 is 0 Å². The van der Waals surface area contributed by atoms with Crippen molar-refractivity contribution >= 4 is 0 Å². The highest BCUT2D eigenvalue weighted by atomic mass is 19.3. The van der Waals surface area contributed by atoms with E-state index in [4.69, 9.17) is 0 Å². The number of nitrogens with one attached hydrogen (secondary N) is 1. The van der Waals surface area contributed by atoms with E-state index in [1.165, 1.54) is 12.1 Å². The Morgan fingerprint density at radius 3 is 2.30 bits per heavy atom. The minimum Gasteiger partial charge on any atom is -0.394 e. The van der Waals surface area contributed by atoms with Gasteiger partial charge in [0.05, 0.1) is 12.6 Å². The molecule has 106 valence electrons. The summed E-state index contributed by atoms with van der Waals surface area (Å²) >= 11 is 0. The lowest BCUT2D eigenvalue weighted by atomic mass is 10.1. The number of halogens is 2. The number of aliphatic hydroxyl groups excluding tert-OH is 1. The fourth-order valence-electron chi connectivity index (χ4n) is 2.05. The molecule has 0 saturated heterocycles. The molecule has 0 radical (unpaired) electrons. The minimum absolute atomic E-state index is 0.0181. The molecule has 0 aliphatic heterocycles. The lowest BCUT2D eigenvalue weighted by Gasteiger charge is -2.17. The Labute approximate surface area is 117 Å². The first kappa shape index (κ1) is 14.6. The van der Waals surface area contributed by atoms with Gasteiger partial charge in [-0.3, -0.25) is 0 Å². The molecular weight excluding hydrogens is 260 g/mol. The van der Waals surface area contributed by atoms with E-state index in [0.29, 0.717) is 6.54 Å². The molecule has 20 heavy (non-hydrogen) atoms. The van der Waals surface area contributed by atoms with Gasteiger partial charge < -0.3 is 10.4 Å². The summed E-state index contributed by atoms with van der Waals surface area (Å²) in [6, 6.07) is 15.6. The van der Waals surface area contributed by atoms with Crippen LogP contribution in [0.5, 0.6) is 0 Å². The number of hydrogen-bond donors (Lipinski definition) is 2. The smallest absolute Gasteiger partial charge is 0.263 e. The Kier molecular flexibility index (Phi) is 5.21. The molecule has 1 atom stereocenters. The molecule has 0 aliphatic carbocycles. The maximum absolute atomic E-state index is 12.6. The second-order valence-electron chi connectivity index (χ2n) is 4.57. The highest BCUT2D eigenvalue weighted by Gasteiger charge is 2.10. The van der Waals surface area contributed by atoms with Crippen LogP contribution in [-0.2, 0) is 6.54 Å². The van der Waals surface area contributed by atoms with Crippen LogP contribution in [0.1, 0.15) is 29.2 Å².